The van der Waals surface area contributed by atoms with E-state index in [1.54, 1.807) is 13.8 Å². The van der Waals surface area contributed by atoms with Gasteiger partial charge in [0.15, 0.2) is 11.6 Å². The molecule has 0 aromatic carbocycles. The lowest BCUT2D eigenvalue weighted by Crippen LogP contribution is -2.54. The SMILES string of the molecule is CCOC(=O)C(C(=O)OCC)[C@@H]1CO[C@@](C(C(=O)OCC)C(=O)OCC)(n2ccc(=O)[nH]c2=O)C1. The molecule has 0 unspecified atom stereocenters. The molecule has 0 aliphatic carbocycles. The average molecular weight is 498 g/mol. The number of carbonyl (C=O) groups is 4. The Balaban J connectivity index is 2.69. The van der Waals surface area contributed by atoms with Gasteiger partial charge in [0.2, 0.25) is 5.92 Å². The van der Waals surface area contributed by atoms with Gasteiger partial charge >= 0.3 is 29.6 Å². The zero-order chi connectivity index (χ0) is 26.2. The summed E-state index contributed by atoms with van der Waals surface area (Å²) in [6.07, 6.45) is 0.697. The molecule has 0 spiro atoms. The molecule has 13 heteroatoms. The third kappa shape index (κ3) is 5.96. The lowest BCUT2D eigenvalue weighted by atomic mass is 9.83. The molecule has 0 radical (unpaired) electrons. The van der Waals surface area contributed by atoms with Crippen LogP contribution in [0.1, 0.15) is 34.1 Å². The van der Waals surface area contributed by atoms with Crippen LogP contribution in [0.25, 0.3) is 0 Å². The minimum absolute atomic E-state index is 0.0128. The van der Waals surface area contributed by atoms with Gasteiger partial charge in [-0.25, -0.2) is 4.79 Å². The van der Waals surface area contributed by atoms with Gasteiger partial charge in [-0.15, -0.1) is 0 Å². The van der Waals surface area contributed by atoms with Crippen LogP contribution in [0.4, 0.5) is 0 Å². The van der Waals surface area contributed by atoms with Gasteiger partial charge < -0.3 is 23.7 Å². The third-order valence-electron chi connectivity index (χ3n) is 5.38. The smallest absolute Gasteiger partial charge is 0.330 e. The summed E-state index contributed by atoms with van der Waals surface area (Å²) < 4.78 is 27.0. The second-order valence-electron chi connectivity index (χ2n) is 7.52. The standard InChI is InChI=1S/C22H30N2O11/c1-5-31-17(26)15(18(27)32-6-2)13-11-22(35-12-13,24-10-9-14(25)23-21(24)30)16(19(28)33-7-3)20(29)34-8-4/h9-10,13,15-16H,5-8,11-12H2,1-4H3,(H,23,25,30)/t13-,22-/m0/s1. The van der Waals surface area contributed by atoms with Crippen molar-refractivity contribution in [2.75, 3.05) is 33.0 Å². The van der Waals surface area contributed by atoms with Gasteiger partial charge in [-0.05, 0) is 27.7 Å². The highest BCUT2D eigenvalue weighted by Crippen LogP contribution is 2.44. The summed E-state index contributed by atoms with van der Waals surface area (Å²) in [5.74, 6) is -8.09. The second kappa shape index (κ2) is 12.3. The highest BCUT2D eigenvalue weighted by atomic mass is 16.6. The maximum absolute atomic E-state index is 13.0. The lowest BCUT2D eigenvalue weighted by Gasteiger charge is -2.35. The van der Waals surface area contributed by atoms with Crippen LogP contribution in [0.3, 0.4) is 0 Å². The molecule has 194 valence electrons. The molecule has 2 rings (SSSR count). The minimum atomic E-state index is -2.08. The fourth-order valence-corrected chi connectivity index (χ4v) is 4.04. The number of nitrogens with zero attached hydrogens (tertiary/aromatic N) is 1. The van der Waals surface area contributed by atoms with Crippen LogP contribution < -0.4 is 11.2 Å². The van der Waals surface area contributed by atoms with Crippen molar-refractivity contribution in [2.45, 2.75) is 39.8 Å². The number of aromatic nitrogens is 2. The Morgan fingerprint density at radius 1 is 0.943 bits per heavy atom. The molecule has 1 aliphatic heterocycles. The van der Waals surface area contributed by atoms with E-state index in [1.165, 1.54) is 13.8 Å². The molecule has 1 aromatic rings. The highest BCUT2D eigenvalue weighted by Gasteiger charge is 2.59. The number of ether oxygens (including phenoxy) is 5. The average Bonchev–Trinajstić information content (AvgIpc) is 3.19. The molecule has 1 fully saturated rings. The highest BCUT2D eigenvalue weighted by molar-refractivity contribution is 5.97. The fraction of sp³-hybridized carbons (Fsp3) is 0.636. The van der Waals surface area contributed by atoms with Gasteiger partial charge in [0.25, 0.3) is 5.56 Å². The monoisotopic (exact) mass is 498 g/mol. The first kappa shape index (κ1) is 27.8. The zero-order valence-corrected chi connectivity index (χ0v) is 20.1. The minimum Gasteiger partial charge on any atom is -0.465 e. The van der Waals surface area contributed by atoms with E-state index in [0.29, 0.717) is 0 Å². The summed E-state index contributed by atoms with van der Waals surface area (Å²) >= 11 is 0. The van der Waals surface area contributed by atoms with Crippen LogP contribution >= 0.6 is 0 Å². The summed E-state index contributed by atoms with van der Waals surface area (Å²) in [5.41, 5.74) is -3.79. The molecule has 1 saturated heterocycles. The van der Waals surface area contributed by atoms with Crippen molar-refractivity contribution in [3.8, 4) is 0 Å². The van der Waals surface area contributed by atoms with Crippen LogP contribution in [0.15, 0.2) is 21.9 Å². The first-order chi connectivity index (χ1) is 16.7. The number of aromatic amines is 1. The zero-order valence-electron chi connectivity index (χ0n) is 20.1. The van der Waals surface area contributed by atoms with E-state index >= 15 is 0 Å². The van der Waals surface area contributed by atoms with E-state index in [9.17, 15) is 28.8 Å². The molecule has 0 bridgehead atoms. The number of esters is 4. The largest absolute Gasteiger partial charge is 0.465 e. The summed E-state index contributed by atoms with van der Waals surface area (Å²) in [5, 5.41) is 0. The normalized spacial score (nSPS) is 19.4. The molecule has 1 N–H and O–H groups in total. The summed E-state index contributed by atoms with van der Waals surface area (Å²) in [6, 6.07) is 1.00. The first-order valence-corrected chi connectivity index (χ1v) is 11.3. The molecule has 0 saturated carbocycles. The van der Waals surface area contributed by atoms with Gasteiger partial charge in [-0.3, -0.25) is 33.5 Å². The van der Waals surface area contributed by atoms with Gasteiger partial charge in [0.05, 0.1) is 33.0 Å². The second-order valence-corrected chi connectivity index (χ2v) is 7.52. The van der Waals surface area contributed by atoms with Crippen molar-refractivity contribution in [1.82, 2.24) is 9.55 Å². The molecule has 1 aromatic heterocycles. The van der Waals surface area contributed by atoms with Crippen molar-refractivity contribution in [2.24, 2.45) is 17.8 Å². The molecule has 13 nitrogen and oxygen atoms in total. The summed E-state index contributed by atoms with van der Waals surface area (Å²) in [6.45, 7) is 5.63. The predicted octanol–water partition coefficient (Wildman–Crippen LogP) is -0.289. The number of carbonyl (C=O) groups excluding carboxylic acids is 4. The lowest BCUT2D eigenvalue weighted by molar-refractivity contribution is -0.188. The van der Waals surface area contributed by atoms with E-state index in [0.717, 1.165) is 16.8 Å². The van der Waals surface area contributed by atoms with E-state index in [-0.39, 0.29) is 39.5 Å². The van der Waals surface area contributed by atoms with Crippen molar-refractivity contribution in [1.29, 1.82) is 0 Å². The Kier molecular flexibility index (Phi) is 9.75. The molecular weight excluding hydrogens is 468 g/mol. The maximum Gasteiger partial charge on any atom is 0.330 e. The molecule has 1 aliphatic rings. The summed E-state index contributed by atoms with van der Waals surface area (Å²) in [4.78, 5) is 77.8. The van der Waals surface area contributed by atoms with Crippen molar-refractivity contribution < 1.29 is 42.9 Å². The number of rotatable bonds is 11. The number of nitrogens with one attached hydrogen (secondary N) is 1. The molecule has 35 heavy (non-hydrogen) atoms. The Morgan fingerprint density at radius 2 is 1.43 bits per heavy atom. The van der Waals surface area contributed by atoms with Crippen LogP contribution in [0, 0.1) is 17.8 Å². The van der Waals surface area contributed by atoms with Crippen molar-refractivity contribution >= 4 is 23.9 Å². The quantitative estimate of drug-likeness (QED) is 0.242. The molecule has 2 atom stereocenters. The maximum atomic E-state index is 13.0. The topological polar surface area (TPSA) is 169 Å². The van der Waals surface area contributed by atoms with Gasteiger partial charge in [0.1, 0.15) is 0 Å². The van der Waals surface area contributed by atoms with Gasteiger partial charge in [-0.2, -0.15) is 0 Å². The van der Waals surface area contributed by atoms with E-state index in [2.05, 4.69) is 4.98 Å². The van der Waals surface area contributed by atoms with E-state index in [1.807, 2.05) is 0 Å². The van der Waals surface area contributed by atoms with Gasteiger partial charge in [-0.1, -0.05) is 0 Å². The van der Waals surface area contributed by atoms with E-state index in [4.69, 9.17) is 23.7 Å². The molecule has 0 amide bonds. The summed E-state index contributed by atoms with van der Waals surface area (Å²) in [7, 11) is 0. The number of hydrogen-bond acceptors (Lipinski definition) is 11. The molecule has 2 heterocycles. The third-order valence-corrected chi connectivity index (χ3v) is 5.38. The Labute approximate surface area is 200 Å². The molecular formula is C22H30N2O11. The van der Waals surface area contributed by atoms with Crippen LogP contribution in [-0.2, 0) is 48.6 Å². The Morgan fingerprint density at radius 3 is 1.89 bits per heavy atom. The van der Waals surface area contributed by atoms with Crippen LogP contribution in [0.2, 0.25) is 0 Å². The number of H-pyrrole nitrogens is 1. The van der Waals surface area contributed by atoms with Crippen molar-refractivity contribution in [3.05, 3.63) is 33.1 Å². The Hall–Kier alpha value is -3.48. The number of hydrogen-bond donors (Lipinski definition) is 1. The predicted molar refractivity (Wildman–Crippen MR) is 117 cm³/mol. The van der Waals surface area contributed by atoms with Crippen LogP contribution in [0.5, 0.6) is 0 Å². The van der Waals surface area contributed by atoms with Crippen molar-refractivity contribution in [3.63, 3.8) is 0 Å². The fourth-order valence-electron chi connectivity index (χ4n) is 4.04. The first-order valence-electron chi connectivity index (χ1n) is 11.3. The van der Waals surface area contributed by atoms with Gasteiger partial charge in [0, 0.05) is 24.6 Å². The Bertz CT molecular complexity index is 1010. The van der Waals surface area contributed by atoms with E-state index < -0.39 is 58.6 Å². The van der Waals surface area contributed by atoms with Crippen LogP contribution in [-0.4, -0.2) is 66.5 Å².